The van der Waals surface area contributed by atoms with Crippen LogP contribution in [0.15, 0.2) is 46.0 Å². The standard InChI is InChI=1S/C26H35F3N4O5S2/c1-24(2,23(30)34)21-17-38-13-12-31(21)15-20-16-32(40(36,37)22-5-4-14-39-22)10-11-33(20)19-8-6-18(7-9-19)25(3,35)26(27,28)29/h4-9,14,20-21,35H,10-13,15-17H2,1-3H3,(H2,30,34)/t20-,21+,25+/m0/s1. The molecule has 1 aromatic carbocycles. The van der Waals surface area contributed by atoms with Gasteiger partial charge in [-0.1, -0.05) is 18.2 Å². The molecule has 4 rings (SSSR count). The normalized spacial score (nSPS) is 23.6. The zero-order chi connectivity index (χ0) is 29.5. The van der Waals surface area contributed by atoms with Crippen molar-refractivity contribution >= 4 is 33.0 Å². The molecule has 222 valence electrons. The fourth-order valence-electron chi connectivity index (χ4n) is 5.18. The highest BCUT2D eigenvalue weighted by atomic mass is 32.2. The molecule has 1 amide bonds. The number of primary amides is 1. The van der Waals surface area contributed by atoms with Crippen LogP contribution in [0.4, 0.5) is 18.9 Å². The molecule has 0 radical (unpaired) electrons. The van der Waals surface area contributed by atoms with Gasteiger partial charge < -0.3 is 20.5 Å². The van der Waals surface area contributed by atoms with Gasteiger partial charge in [0.1, 0.15) is 4.21 Å². The van der Waals surface area contributed by atoms with E-state index < -0.39 is 39.2 Å². The highest BCUT2D eigenvalue weighted by molar-refractivity contribution is 7.91. The van der Waals surface area contributed by atoms with Gasteiger partial charge in [0, 0.05) is 44.5 Å². The van der Waals surface area contributed by atoms with E-state index in [1.165, 1.54) is 28.6 Å². The maximum atomic E-state index is 13.4. The molecule has 2 aromatic rings. The molecule has 0 saturated carbocycles. The topological polar surface area (TPSA) is 116 Å². The quantitative estimate of drug-likeness (QED) is 0.476. The number of nitrogens with two attached hydrogens (primary N) is 1. The number of alkyl halides is 3. The van der Waals surface area contributed by atoms with Crippen LogP contribution in [0.3, 0.4) is 0 Å². The van der Waals surface area contributed by atoms with Crippen LogP contribution in [0.25, 0.3) is 0 Å². The third-order valence-corrected chi connectivity index (χ3v) is 11.2. The van der Waals surface area contributed by atoms with Crippen LogP contribution in [0.1, 0.15) is 26.3 Å². The molecule has 3 atom stereocenters. The van der Waals surface area contributed by atoms with Crippen LogP contribution in [0, 0.1) is 5.41 Å². The van der Waals surface area contributed by atoms with Crippen molar-refractivity contribution in [1.82, 2.24) is 9.21 Å². The molecule has 0 aliphatic carbocycles. The maximum absolute atomic E-state index is 13.4. The van der Waals surface area contributed by atoms with Crippen LogP contribution in [0.5, 0.6) is 0 Å². The SMILES string of the molecule is CC(C)(C(N)=O)[C@H]1COCCN1C[C@H]1CN(S(=O)(=O)c2cccs2)CCN1c1ccc([C@@](C)(O)C(F)(F)F)cc1. The number of anilines is 1. The molecule has 0 unspecified atom stereocenters. The summed E-state index contributed by atoms with van der Waals surface area (Å²) in [6.45, 7) is 6.37. The van der Waals surface area contributed by atoms with Crippen LogP contribution in [-0.4, -0.2) is 92.8 Å². The second kappa shape index (κ2) is 11.2. The second-order valence-corrected chi connectivity index (χ2v) is 14.0. The average Bonchev–Trinajstić information content (AvgIpc) is 3.44. The number of piperazine rings is 1. The number of nitrogens with zero attached hydrogens (tertiary/aromatic N) is 3. The van der Waals surface area contributed by atoms with Crippen molar-refractivity contribution in [2.75, 3.05) is 50.8 Å². The lowest BCUT2D eigenvalue weighted by Crippen LogP contribution is -2.63. The predicted molar refractivity (Wildman–Crippen MR) is 145 cm³/mol. The number of ether oxygens (including phenoxy) is 1. The number of aliphatic hydroxyl groups is 1. The van der Waals surface area contributed by atoms with Crippen molar-refractivity contribution in [3.63, 3.8) is 0 Å². The molecule has 2 aliphatic rings. The number of hydrogen-bond donors (Lipinski definition) is 2. The summed E-state index contributed by atoms with van der Waals surface area (Å²) in [4.78, 5) is 16.3. The van der Waals surface area contributed by atoms with E-state index in [1.54, 1.807) is 31.4 Å². The Labute approximate surface area is 236 Å². The molecule has 3 N–H and O–H groups in total. The Hall–Kier alpha value is -2.23. The van der Waals surface area contributed by atoms with Gasteiger partial charge in [-0.2, -0.15) is 17.5 Å². The second-order valence-electron chi connectivity index (χ2n) is 10.9. The Bertz CT molecular complexity index is 1280. The largest absolute Gasteiger partial charge is 0.421 e. The minimum atomic E-state index is -4.85. The molecule has 2 fully saturated rings. The van der Waals surface area contributed by atoms with Gasteiger partial charge in [0.05, 0.1) is 24.7 Å². The first-order chi connectivity index (χ1) is 18.6. The Morgan fingerprint density at radius 3 is 2.38 bits per heavy atom. The zero-order valence-corrected chi connectivity index (χ0v) is 24.2. The fraction of sp³-hybridized carbons (Fsp3) is 0.577. The fourth-order valence-corrected chi connectivity index (χ4v) is 7.79. The zero-order valence-electron chi connectivity index (χ0n) is 22.6. The average molecular weight is 605 g/mol. The minimum Gasteiger partial charge on any atom is -0.378 e. The van der Waals surface area contributed by atoms with E-state index in [4.69, 9.17) is 10.5 Å². The summed E-state index contributed by atoms with van der Waals surface area (Å²) in [6.07, 6.45) is -4.85. The van der Waals surface area contributed by atoms with Gasteiger partial charge >= 0.3 is 6.18 Å². The molecule has 0 spiro atoms. The Kier molecular flexibility index (Phi) is 8.61. The number of hydrogen-bond acceptors (Lipinski definition) is 8. The van der Waals surface area contributed by atoms with Crippen molar-refractivity contribution in [3.8, 4) is 0 Å². The number of rotatable bonds is 8. The molecule has 1 aromatic heterocycles. The van der Waals surface area contributed by atoms with Crippen LogP contribution in [0.2, 0.25) is 0 Å². The summed E-state index contributed by atoms with van der Waals surface area (Å²) in [6, 6.07) is 7.97. The number of sulfonamides is 1. The van der Waals surface area contributed by atoms with Crippen molar-refractivity contribution in [1.29, 1.82) is 0 Å². The minimum absolute atomic E-state index is 0.128. The summed E-state index contributed by atoms with van der Waals surface area (Å²) in [5.41, 5.74) is 2.07. The molecule has 14 heteroatoms. The lowest BCUT2D eigenvalue weighted by Gasteiger charge is -2.48. The Balaban J connectivity index is 1.66. The van der Waals surface area contributed by atoms with Gasteiger partial charge in [-0.05, 0) is 49.9 Å². The van der Waals surface area contributed by atoms with Gasteiger partial charge in [-0.3, -0.25) is 9.69 Å². The van der Waals surface area contributed by atoms with Crippen molar-refractivity contribution in [2.24, 2.45) is 11.1 Å². The first-order valence-corrected chi connectivity index (χ1v) is 15.2. The third kappa shape index (κ3) is 5.88. The number of carbonyl (C=O) groups is 1. The van der Waals surface area contributed by atoms with E-state index in [1.807, 2.05) is 4.90 Å². The monoisotopic (exact) mass is 604 g/mol. The van der Waals surface area contributed by atoms with Gasteiger partial charge in [0.15, 0.2) is 5.60 Å². The van der Waals surface area contributed by atoms with Gasteiger partial charge in [0.2, 0.25) is 5.91 Å². The van der Waals surface area contributed by atoms with E-state index in [2.05, 4.69) is 4.90 Å². The number of halogens is 3. The molecular weight excluding hydrogens is 569 g/mol. The third-order valence-electron chi connectivity index (χ3n) is 8.00. The van der Waals surface area contributed by atoms with E-state index >= 15 is 0 Å². The van der Waals surface area contributed by atoms with Crippen molar-refractivity contribution in [3.05, 3.63) is 47.3 Å². The summed E-state index contributed by atoms with van der Waals surface area (Å²) >= 11 is 1.13. The molecule has 3 heterocycles. The Morgan fingerprint density at radius 1 is 1.12 bits per heavy atom. The molecular formula is C26H35F3N4O5S2. The summed E-state index contributed by atoms with van der Waals surface area (Å²) in [5, 5.41) is 11.8. The first-order valence-electron chi connectivity index (χ1n) is 12.9. The van der Waals surface area contributed by atoms with Gasteiger partial charge in [-0.25, -0.2) is 8.42 Å². The van der Waals surface area contributed by atoms with Crippen molar-refractivity contribution in [2.45, 2.75) is 48.8 Å². The smallest absolute Gasteiger partial charge is 0.378 e. The van der Waals surface area contributed by atoms with Crippen LogP contribution in [-0.2, 0) is 25.2 Å². The molecule has 2 aliphatic heterocycles. The Morgan fingerprint density at radius 2 is 1.80 bits per heavy atom. The number of carbonyl (C=O) groups excluding carboxylic acids is 1. The van der Waals surface area contributed by atoms with Crippen molar-refractivity contribution < 1.29 is 36.2 Å². The van der Waals surface area contributed by atoms with E-state index in [9.17, 15) is 31.5 Å². The van der Waals surface area contributed by atoms with Gasteiger partial charge in [0.25, 0.3) is 10.0 Å². The van der Waals surface area contributed by atoms with E-state index in [0.717, 1.165) is 11.3 Å². The lowest BCUT2D eigenvalue weighted by atomic mass is 9.82. The number of morpholine rings is 1. The van der Waals surface area contributed by atoms with Crippen LogP contribution >= 0.6 is 11.3 Å². The lowest BCUT2D eigenvalue weighted by molar-refractivity contribution is -0.258. The molecule has 40 heavy (non-hydrogen) atoms. The van der Waals surface area contributed by atoms with E-state index in [0.29, 0.717) is 38.9 Å². The van der Waals surface area contributed by atoms with E-state index in [-0.39, 0.29) is 35.5 Å². The molecule has 2 saturated heterocycles. The molecule has 0 bridgehead atoms. The summed E-state index contributed by atoms with van der Waals surface area (Å²) in [7, 11) is -3.75. The predicted octanol–water partition coefficient (Wildman–Crippen LogP) is 2.61. The number of amides is 1. The maximum Gasteiger partial charge on any atom is 0.421 e. The summed E-state index contributed by atoms with van der Waals surface area (Å²) < 4.78 is 74.2. The number of thiophene rings is 1. The first kappa shape index (κ1) is 30.7. The molecule has 9 nitrogen and oxygen atoms in total. The highest BCUT2D eigenvalue weighted by Gasteiger charge is 2.51. The summed E-state index contributed by atoms with van der Waals surface area (Å²) in [5.74, 6) is -0.484. The van der Waals surface area contributed by atoms with Gasteiger partial charge in [-0.15, -0.1) is 11.3 Å². The highest BCUT2D eigenvalue weighted by Crippen LogP contribution is 2.39. The van der Waals surface area contributed by atoms with Crippen LogP contribution < -0.4 is 10.6 Å². The number of benzene rings is 1.